The van der Waals surface area contributed by atoms with Crippen LogP contribution in [0.5, 0.6) is 0 Å². The summed E-state index contributed by atoms with van der Waals surface area (Å²) in [6.45, 7) is 7.78. The molecule has 0 aromatic rings. The predicted octanol–water partition coefficient (Wildman–Crippen LogP) is 1.43. The van der Waals surface area contributed by atoms with Crippen LogP contribution in [0.15, 0.2) is 0 Å². The Morgan fingerprint density at radius 3 is 1.88 bits per heavy atom. The average Bonchev–Trinajstić information content (AvgIpc) is 3.27. The molecule has 5 unspecified atom stereocenters. The molecule has 0 N–H and O–H groups in total. The molecule has 0 radical (unpaired) electrons. The Morgan fingerprint density at radius 2 is 1.36 bits per heavy atom. The maximum absolute atomic E-state index is 12.0. The van der Waals surface area contributed by atoms with Gasteiger partial charge >= 0.3 is 27.3 Å². The van der Waals surface area contributed by atoms with Crippen molar-refractivity contribution in [3.05, 3.63) is 0 Å². The zero-order valence-corrected chi connectivity index (χ0v) is 21.7. The Balaban J connectivity index is 0.00000544. The van der Waals surface area contributed by atoms with Gasteiger partial charge in [-0.2, -0.15) is 9.35 Å². The van der Waals surface area contributed by atoms with Crippen molar-refractivity contribution in [2.75, 3.05) is 53.9 Å². The van der Waals surface area contributed by atoms with E-state index in [0.717, 1.165) is 0 Å². The summed E-state index contributed by atoms with van der Waals surface area (Å²) in [7, 11) is -0.907. The molecule has 2 rings (SSSR count). The van der Waals surface area contributed by atoms with Gasteiger partial charge in [-0.1, -0.05) is 6.10 Å². The number of hydrogen-bond acceptors (Lipinski definition) is 13. The van der Waals surface area contributed by atoms with Crippen LogP contribution < -0.4 is 5.11 Å². The summed E-state index contributed by atoms with van der Waals surface area (Å²) in [6, 6.07) is 0. The van der Waals surface area contributed by atoms with Crippen LogP contribution in [0.2, 0.25) is 0 Å². The fraction of sp³-hybridized carbons (Fsp3) is 1.00. The summed E-state index contributed by atoms with van der Waals surface area (Å²) in [6.07, 6.45) is -1.79. The first-order valence-electron chi connectivity index (χ1n) is 9.95. The third kappa shape index (κ3) is 12.9. The Bertz CT molecular complexity index is 540. The monoisotopic (exact) mass is 517 g/mol. The fourth-order valence-corrected chi connectivity index (χ4v) is 3.82. The van der Waals surface area contributed by atoms with Crippen LogP contribution in [0.4, 0.5) is 0 Å². The van der Waals surface area contributed by atoms with Crippen molar-refractivity contribution < 1.29 is 62.7 Å². The van der Waals surface area contributed by atoms with Gasteiger partial charge in [-0.25, -0.2) is 9.78 Å². The molecular formula is C17H34BeO13P2. The van der Waals surface area contributed by atoms with E-state index in [2.05, 4.69) is 0 Å². The molecule has 2 aliphatic rings. The maximum Gasteiger partial charge on any atom is 2.00 e. The van der Waals surface area contributed by atoms with Crippen LogP contribution in [0.1, 0.15) is 29.1 Å². The van der Waals surface area contributed by atoms with Crippen molar-refractivity contribution in [2.45, 2.75) is 57.6 Å². The van der Waals surface area contributed by atoms with Gasteiger partial charge in [0.05, 0.1) is 26.4 Å². The van der Waals surface area contributed by atoms with E-state index in [0.29, 0.717) is 13.2 Å². The molecule has 2 fully saturated rings. The second kappa shape index (κ2) is 15.6. The van der Waals surface area contributed by atoms with Gasteiger partial charge in [-0.15, -0.1) is 0 Å². The third-order valence-corrected chi connectivity index (χ3v) is 5.67. The second-order valence-electron chi connectivity index (χ2n) is 7.65. The van der Waals surface area contributed by atoms with Crippen LogP contribution in [0, 0.1) is 0 Å². The standard InChI is InChI=1S/C17H33O13P2.Be.H/c1-16(2)21-9-14(27-16)11-24-30-31(19-5)25-8-13(18)7-23-29-32(20-6)26-12-15-10-22-17(3,4)28-15;;/h13-15H,7-12H2,1-6H3;;/q-1;+2;-1. The first-order chi connectivity index (χ1) is 15.1. The zero-order chi connectivity index (χ0) is 23.6. The van der Waals surface area contributed by atoms with Gasteiger partial charge in [-0.3, -0.25) is 0 Å². The molecule has 5 atom stereocenters. The summed E-state index contributed by atoms with van der Waals surface area (Å²) < 4.78 is 52.9. The van der Waals surface area contributed by atoms with Crippen LogP contribution in [-0.4, -0.2) is 93.9 Å². The van der Waals surface area contributed by atoms with Gasteiger partial charge in [0.2, 0.25) is 0 Å². The van der Waals surface area contributed by atoms with E-state index in [1.54, 1.807) is 13.8 Å². The molecule has 0 spiro atoms. The molecule has 2 saturated heterocycles. The third-order valence-electron chi connectivity index (χ3n) is 3.90. The number of ether oxygens (including phenoxy) is 4. The van der Waals surface area contributed by atoms with Gasteiger partial charge in [0.1, 0.15) is 18.8 Å². The molecule has 0 saturated carbocycles. The van der Waals surface area contributed by atoms with Gasteiger partial charge < -0.3 is 43.6 Å². The van der Waals surface area contributed by atoms with E-state index in [4.69, 9.17) is 56.2 Å². The van der Waals surface area contributed by atoms with Crippen molar-refractivity contribution in [2.24, 2.45) is 0 Å². The van der Waals surface area contributed by atoms with E-state index in [1.807, 2.05) is 13.8 Å². The first-order valence-corrected chi connectivity index (χ1v) is 12.1. The van der Waals surface area contributed by atoms with E-state index in [9.17, 15) is 5.11 Å². The van der Waals surface area contributed by atoms with Crippen LogP contribution in [0.25, 0.3) is 0 Å². The minimum absolute atomic E-state index is 0. The van der Waals surface area contributed by atoms with Crippen LogP contribution >= 0.6 is 17.2 Å². The minimum atomic E-state index is -1.87. The van der Waals surface area contributed by atoms with Gasteiger partial charge in [0.25, 0.3) is 0 Å². The Kier molecular flexibility index (Phi) is 14.9. The summed E-state index contributed by atoms with van der Waals surface area (Å²) in [5.41, 5.74) is 0. The van der Waals surface area contributed by atoms with E-state index < -0.39 is 34.9 Å². The molecule has 33 heavy (non-hydrogen) atoms. The molecule has 2 aliphatic heterocycles. The number of hydrogen-bond donors (Lipinski definition) is 0. The Hall–Kier alpha value is 0.509. The quantitative estimate of drug-likeness (QED) is 0.127. The van der Waals surface area contributed by atoms with Crippen LogP contribution in [-0.2, 0) is 56.2 Å². The van der Waals surface area contributed by atoms with Crippen molar-refractivity contribution in [3.8, 4) is 0 Å². The summed E-state index contributed by atoms with van der Waals surface area (Å²) >= 11 is 0. The van der Waals surface area contributed by atoms with Gasteiger partial charge in [-0.05, 0) is 27.7 Å². The van der Waals surface area contributed by atoms with Gasteiger partial charge in [0, 0.05) is 20.8 Å². The number of rotatable bonds is 16. The zero-order valence-electron chi connectivity index (χ0n) is 20.9. The Labute approximate surface area is 202 Å². The molecular weight excluding hydrogens is 483 g/mol. The summed E-state index contributed by atoms with van der Waals surface area (Å²) in [5.74, 6) is -1.30. The van der Waals surface area contributed by atoms with Crippen LogP contribution in [0.3, 0.4) is 0 Å². The molecule has 0 aromatic heterocycles. The van der Waals surface area contributed by atoms with Crippen molar-refractivity contribution >= 4 is 27.3 Å². The first kappa shape index (κ1) is 31.5. The molecule has 0 aromatic carbocycles. The fourth-order valence-electron chi connectivity index (χ4n) is 2.53. The SMILES string of the molecule is COP(OCC([O-])COOP(OC)OCC1COC(C)(C)O1)OOCC1COC(C)(C)O1.[Be+2].[H-]. The predicted molar refractivity (Wildman–Crippen MR) is 114 cm³/mol. The second-order valence-corrected chi connectivity index (χ2v) is 10.1. The molecule has 0 bridgehead atoms. The minimum Gasteiger partial charge on any atom is -1.00 e. The van der Waals surface area contributed by atoms with Crippen molar-refractivity contribution in [3.63, 3.8) is 0 Å². The topological polar surface area (TPSA) is 134 Å². The Morgan fingerprint density at radius 1 is 0.848 bits per heavy atom. The largest absolute Gasteiger partial charge is 2.00 e. The normalized spacial score (nSPS) is 26.6. The summed E-state index contributed by atoms with van der Waals surface area (Å²) in [4.78, 5) is 9.99. The average molecular weight is 517 g/mol. The molecule has 0 aliphatic carbocycles. The van der Waals surface area contributed by atoms with Crippen molar-refractivity contribution in [1.82, 2.24) is 0 Å². The maximum atomic E-state index is 12.0. The molecule has 2 heterocycles. The molecule has 13 nitrogen and oxygen atoms in total. The summed E-state index contributed by atoms with van der Waals surface area (Å²) in [5, 5.41) is 12.0. The van der Waals surface area contributed by atoms with Gasteiger partial charge in [0.15, 0.2) is 11.6 Å². The van der Waals surface area contributed by atoms with E-state index in [-0.39, 0.29) is 50.2 Å². The van der Waals surface area contributed by atoms with E-state index >= 15 is 0 Å². The molecule has 192 valence electrons. The molecule has 16 heteroatoms. The molecule has 0 amide bonds. The van der Waals surface area contributed by atoms with Crippen molar-refractivity contribution in [1.29, 1.82) is 0 Å². The van der Waals surface area contributed by atoms with E-state index in [1.165, 1.54) is 14.2 Å². The smallest absolute Gasteiger partial charge is 1.00 e.